The first-order valence-corrected chi connectivity index (χ1v) is 7.68. The zero-order chi connectivity index (χ0) is 14.8. The molecule has 1 aromatic carbocycles. The Labute approximate surface area is 131 Å². The van der Waals surface area contributed by atoms with Gasteiger partial charge in [-0.2, -0.15) is 0 Å². The summed E-state index contributed by atoms with van der Waals surface area (Å²) in [5.74, 6) is 0.0981. The first-order chi connectivity index (χ1) is 10.2. The van der Waals surface area contributed by atoms with Gasteiger partial charge in [-0.3, -0.25) is 9.59 Å². The summed E-state index contributed by atoms with van der Waals surface area (Å²) in [4.78, 5) is 26.6. The van der Waals surface area contributed by atoms with E-state index in [-0.39, 0.29) is 5.91 Å². The number of piperazine rings is 1. The summed E-state index contributed by atoms with van der Waals surface area (Å²) in [7, 11) is 0. The van der Waals surface area contributed by atoms with Crippen molar-refractivity contribution in [2.45, 2.75) is 6.54 Å². The van der Waals surface area contributed by atoms with E-state index in [1.165, 1.54) is 0 Å². The highest BCUT2D eigenvalue weighted by atomic mass is 79.9. The Bertz CT molecular complexity index is 675. The molecular formula is C15H16BrN3O2. The summed E-state index contributed by atoms with van der Waals surface area (Å²) in [6.07, 6.45) is 2.79. The molecular weight excluding hydrogens is 334 g/mol. The minimum Gasteiger partial charge on any atom is -0.342 e. The van der Waals surface area contributed by atoms with Gasteiger partial charge in [0.25, 0.3) is 0 Å². The summed E-state index contributed by atoms with van der Waals surface area (Å²) in [6.45, 7) is 2.81. The molecule has 21 heavy (non-hydrogen) atoms. The first-order valence-electron chi connectivity index (χ1n) is 6.89. The van der Waals surface area contributed by atoms with Crippen LogP contribution in [0.1, 0.15) is 0 Å². The zero-order valence-electron chi connectivity index (χ0n) is 11.5. The third kappa shape index (κ3) is 2.95. The van der Waals surface area contributed by atoms with Gasteiger partial charge in [-0.1, -0.05) is 15.9 Å². The number of halogens is 1. The molecule has 5 nitrogen and oxygen atoms in total. The van der Waals surface area contributed by atoms with Crippen LogP contribution in [0.25, 0.3) is 10.9 Å². The number of aromatic nitrogens is 1. The van der Waals surface area contributed by atoms with Crippen molar-refractivity contribution < 1.29 is 9.59 Å². The van der Waals surface area contributed by atoms with Gasteiger partial charge in [-0.05, 0) is 24.3 Å². The Morgan fingerprint density at radius 1 is 1.19 bits per heavy atom. The molecule has 110 valence electrons. The van der Waals surface area contributed by atoms with Gasteiger partial charge >= 0.3 is 0 Å². The Morgan fingerprint density at radius 3 is 2.67 bits per heavy atom. The maximum Gasteiger partial charge on any atom is 0.242 e. The summed E-state index contributed by atoms with van der Waals surface area (Å²) in [5.41, 5.74) is 1.05. The van der Waals surface area contributed by atoms with Crippen LogP contribution in [0.15, 0.2) is 34.9 Å². The number of rotatable bonds is 3. The molecule has 1 fully saturated rings. The number of benzene rings is 1. The van der Waals surface area contributed by atoms with Crippen LogP contribution in [-0.2, 0) is 16.1 Å². The largest absolute Gasteiger partial charge is 0.342 e. The highest BCUT2D eigenvalue weighted by Gasteiger charge is 2.20. The smallest absolute Gasteiger partial charge is 0.242 e. The van der Waals surface area contributed by atoms with Gasteiger partial charge in [0.05, 0.1) is 0 Å². The minimum absolute atomic E-state index is 0.0981. The number of hydrogen-bond acceptors (Lipinski definition) is 2. The van der Waals surface area contributed by atoms with Crippen LogP contribution in [0.5, 0.6) is 0 Å². The molecule has 1 aromatic heterocycles. The Balaban J connectivity index is 1.70. The maximum atomic E-state index is 12.4. The van der Waals surface area contributed by atoms with Crippen molar-refractivity contribution in [3.63, 3.8) is 0 Å². The van der Waals surface area contributed by atoms with Gasteiger partial charge in [0, 0.05) is 47.8 Å². The molecule has 1 saturated heterocycles. The second-order valence-electron chi connectivity index (χ2n) is 5.17. The van der Waals surface area contributed by atoms with Crippen LogP contribution in [-0.4, -0.2) is 52.9 Å². The molecule has 3 rings (SSSR count). The summed E-state index contributed by atoms with van der Waals surface area (Å²) in [6, 6.07) is 8.04. The van der Waals surface area contributed by atoms with E-state index in [1.54, 1.807) is 4.90 Å². The summed E-state index contributed by atoms with van der Waals surface area (Å²) in [5, 5.41) is 1.11. The van der Waals surface area contributed by atoms with Crippen molar-refractivity contribution >= 4 is 39.2 Å². The monoisotopic (exact) mass is 349 g/mol. The fourth-order valence-corrected chi connectivity index (χ4v) is 3.01. The number of amides is 2. The molecule has 2 amide bonds. The molecule has 1 aliphatic rings. The predicted molar refractivity (Wildman–Crippen MR) is 83.9 cm³/mol. The van der Waals surface area contributed by atoms with Crippen molar-refractivity contribution in [1.29, 1.82) is 0 Å². The predicted octanol–water partition coefficient (Wildman–Crippen LogP) is 1.70. The van der Waals surface area contributed by atoms with Crippen LogP contribution in [0.2, 0.25) is 0 Å². The van der Waals surface area contributed by atoms with Crippen molar-refractivity contribution in [3.8, 4) is 0 Å². The van der Waals surface area contributed by atoms with E-state index >= 15 is 0 Å². The lowest BCUT2D eigenvalue weighted by Crippen LogP contribution is -2.48. The topological polar surface area (TPSA) is 45.6 Å². The average Bonchev–Trinajstić information content (AvgIpc) is 2.89. The molecule has 0 spiro atoms. The molecule has 0 aliphatic carbocycles. The quantitative estimate of drug-likeness (QED) is 0.791. The number of carbonyl (C=O) groups excluding carboxylic acids is 2. The van der Waals surface area contributed by atoms with E-state index < -0.39 is 0 Å². The fraction of sp³-hybridized carbons (Fsp3) is 0.333. The maximum absolute atomic E-state index is 12.4. The standard InChI is InChI=1S/C15H16BrN3O2/c16-13-1-2-14-12(9-13)3-4-19(14)10-15(21)18-7-5-17(11-20)6-8-18/h1-4,9,11H,5-8,10H2. The van der Waals surface area contributed by atoms with Gasteiger partial charge in [-0.15, -0.1) is 0 Å². The highest BCUT2D eigenvalue weighted by molar-refractivity contribution is 9.10. The summed E-state index contributed by atoms with van der Waals surface area (Å²) >= 11 is 3.45. The number of nitrogens with zero attached hydrogens (tertiary/aromatic N) is 3. The lowest BCUT2D eigenvalue weighted by molar-refractivity contribution is -0.135. The minimum atomic E-state index is 0.0981. The Hall–Kier alpha value is -1.82. The van der Waals surface area contributed by atoms with E-state index in [1.807, 2.05) is 39.9 Å². The van der Waals surface area contributed by atoms with Crippen LogP contribution in [0.4, 0.5) is 0 Å². The van der Waals surface area contributed by atoms with E-state index in [9.17, 15) is 9.59 Å². The van der Waals surface area contributed by atoms with Crippen LogP contribution >= 0.6 is 15.9 Å². The summed E-state index contributed by atoms with van der Waals surface area (Å²) < 4.78 is 3.00. The van der Waals surface area contributed by atoms with Crippen molar-refractivity contribution in [1.82, 2.24) is 14.4 Å². The Kier molecular flexibility index (Phi) is 3.96. The third-order valence-electron chi connectivity index (χ3n) is 3.85. The fourth-order valence-electron chi connectivity index (χ4n) is 2.63. The Morgan fingerprint density at radius 2 is 1.95 bits per heavy atom. The van der Waals surface area contributed by atoms with Gasteiger partial charge in [0.2, 0.25) is 12.3 Å². The molecule has 0 bridgehead atoms. The zero-order valence-corrected chi connectivity index (χ0v) is 13.1. The number of hydrogen-bond donors (Lipinski definition) is 0. The van der Waals surface area contributed by atoms with E-state index in [0.29, 0.717) is 32.7 Å². The lowest BCUT2D eigenvalue weighted by Gasteiger charge is -2.32. The van der Waals surface area contributed by atoms with E-state index in [4.69, 9.17) is 0 Å². The molecule has 2 aromatic rings. The molecule has 2 heterocycles. The average molecular weight is 350 g/mol. The first kappa shape index (κ1) is 14.1. The number of carbonyl (C=O) groups is 2. The molecule has 0 saturated carbocycles. The van der Waals surface area contributed by atoms with Crippen molar-refractivity contribution in [3.05, 3.63) is 34.9 Å². The molecule has 0 N–H and O–H groups in total. The van der Waals surface area contributed by atoms with Crippen molar-refractivity contribution in [2.75, 3.05) is 26.2 Å². The van der Waals surface area contributed by atoms with E-state index in [2.05, 4.69) is 15.9 Å². The normalized spacial score (nSPS) is 15.5. The SMILES string of the molecule is O=CN1CCN(C(=O)Cn2ccc3cc(Br)ccc32)CC1. The molecule has 1 aliphatic heterocycles. The molecule has 0 radical (unpaired) electrons. The highest BCUT2D eigenvalue weighted by Crippen LogP contribution is 2.21. The second kappa shape index (κ2) is 5.89. The number of fused-ring (bicyclic) bond motifs is 1. The van der Waals surface area contributed by atoms with Crippen molar-refractivity contribution in [2.24, 2.45) is 0 Å². The van der Waals surface area contributed by atoms with Crippen LogP contribution in [0.3, 0.4) is 0 Å². The van der Waals surface area contributed by atoms with Gasteiger partial charge < -0.3 is 14.4 Å². The molecule has 6 heteroatoms. The van der Waals surface area contributed by atoms with Crippen LogP contribution in [0, 0.1) is 0 Å². The third-order valence-corrected chi connectivity index (χ3v) is 4.35. The molecule has 0 unspecified atom stereocenters. The van der Waals surface area contributed by atoms with Gasteiger partial charge in [0.1, 0.15) is 6.54 Å². The van der Waals surface area contributed by atoms with E-state index in [0.717, 1.165) is 21.8 Å². The van der Waals surface area contributed by atoms with Crippen LogP contribution < -0.4 is 0 Å². The second-order valence-corrected chi connectivity index (χ2v) is 6.08. The van der Waals surface area contributed by atoms with Gasteiger partial charge in [-0.25, -0.2) is 0 Å². The lowest BCUT2D eigenvalue weighted by atomic mass is 10.2. The molecule has 0 atom stereocenters. The van der Waals surface area contributed by atoms with Gasteiger partial charge in [0.15, 0.2) is 0 Å².